The molecule has 0 amide bonds. The first-order valence-corrected chi connectivity index (χ1v) is 12.1. The zero-order valence-electron chi connectivity index (χ0n) is 17.1. The lowest BCUT2D eigenvalue weighted by molar-refractivity contribution is 0.443. The third-order valence-corrected chi connectivity index (χ3v) is 7.09. The monoisotopic (exact) mass is 422 g/mol. The van der Waals surface area contributed by atoms with Crippen molar-refractivity contribution in [2.24, 2.45) is 0 Å². The standard InChI is InChI=1S/C18H30N8O2S/c1-3-13-10-16-21-18(25-11-15(12-25)19-2)22-17(26(16)23-13)20-8-9-29(27,28)24-14-6-4-5-7-14/h10,14-15,19,24H,3-9,11-12H2,1-2H3,(H,20,21,22). The van der Waals surface area contributed by atoms with Gasteiger partial charge < -0.3 is 15.5 Å². The van der Waals surface area contributed by atoms with Crippen molar-refractivity contribution in [1.29, 1.82) is 0 Å². The molecule has 29 heavy (non-hydrogen) atoms. The Kier molecular flexibility index (Phi) is 5.88. The quantitative estimate of drug-likeness (QED) is 0.531. The van der Waals surface area contributed by atoms with Crippen LogP contribution in [0.1, 0.15) is 38.3 Å². The van der Waals surface area contributed by atoms with Gasteiger partial charge in [0.25, 0.3) is 0 Å². The van der Waals surface area contributed by atoms with Gasteiger partial charge in [-0.3, -0.25) is 0 Å². The van der Waals surface area contributed by atoms with Crippen LogP contribution in [0.3, 0.4) is 0 Å². The zero-order valence-corrected chi connectivity index (χ0v) is 17.9. The predicted molar refractivity (Wildman–Crippen MR) is 113 cm³/mol. The van der Waals surface area contributed by atoms with E-state index in [1.165, 1.54) is 0 Å². The van der Waals surface area contributed by atoms with Gasteiger partial charge in [0, 0.05) is 37.8 Å². The molecule has 0 radical (unpaired) electrons. The molecule has 10 nitrogen and oxygen atoms in total. The van der Waals surface area contributed by atoms with Gasteiger partial charge in [-0.15, -0.1) is 0 Å². The van der Waals surface area contributed by atoms with Gasteiger partial charge in [0.1, 0.15) is 0 Å². The number of rotatable bonds is 9. The molecule has 0 aromatic carbocycles. The first-order chi connectivity index (χ1) is 14.0. The van der Waals surface area contributed by atoms with Gasteiger partial charge in [0.2, 0.25) is 21.9 Å². The molecule has 160 valence electrons. The Balaban J connectivity index is 1.47. The van der Waals surface area contributed by atoms with E-state index in [4.69, 9.17) is 0 Å². The lowest BCUT2D eigenvalue weighted by Gasteiger charge is -2.39. The largest absolute Gasteiger partial charge is 0.353 e. The van der Waals surface area contributed by atoms with Gasteiger partial charge in [0.15, 0.2) is 5.65 Å². The van der Waals surface area contributed by atoms with E-state index < -0.39 is 10.0 Å². The van der Waals surface area contributed by atoms with E-state index in [-0.39, 0.29) is 18.3 Å². The summed E-state index contributed by atoms with van der Waals surface area (Å²) in [5, 5.41) is 10.9. The topological polar surface area (TPSA) is 117 Å². The Labute approximate surface area is 171 Å². The third-order valence-electron chi connectivity index (χ3n) is 5.65. The van der Waals surface area contributed by atoms with Crippen LogP contribution in [0.15, 0.2) is 6.07 Å². The maximum atomic E-state index is 12.4. The number of aromatic nitrogens is 4. The van der Waals surface area contributed by atoms with E-state index in [1.54, 1.807) is 4.52 Å². The number of hydrogen-bond donors (Lipinski definition) is 3. The van der Waals surface area contributed by atoms with Crippen molar-refractivity contribution in [3.05, 3.63) is 11.8 Å². The summed E-state index contributed by atoms with van der Waals surface area (Å²) < 4.78 is 29.2. The molecule has 2 aromatic rings. The smallest absolute Gasteiger partial charge is 0.230 e. The third kappa shape index (κ3) is 4.62. The first-order valence-electron chi connectivity index (χ1n) is 10.4. The van der Waals surface area contributed by atoms with Crippen molar-refractivity contribution >= 4 is 27.6 Å². The molecule has 2 aromatic heterocycles. The summed E-state index contributed by atoms with van der Waals surface area (Å²) in [6.45, 7) is 3.99. The number of likely N-dealkylation sites (N-methyl/N-ethyl adjacent to an activating group) is 1. The highest BCUT2D eigenvalue weighted by molar-refractivity contribution is 7.89. The second-order valence-electron chi connectivity index (χ2n) is 7.84. The van der Waals surface area contributed by atoms with Crippen LogP contribution in [0.2, 0.25) is 0 Å². The van der Waals surface area contributed by atoms with Crippen molar-refractivity contribution in [3.63, 3.8) is 0 Å². The van der Waals surface area contributed by atoms with Crippen LogP contribution in [0.4, 0.5) is 11.9 Å². The maximum absolute atomic E-state index is 12.4. The molecule has 2 fully saturated rings. The highest BCUT2D eigenvalue weighted by atomic mass is 32.2. The lowest BCUT2D eigenvalue weighted by Crippen LogP contribution is -2.57. The Morgan fingerprint density at radius 2 is 1.93 bits per heavy atom. The Morgan fingerprint density at radius 1 is 1.17 bits per heavy atom. The van der Waals surface area contributed by atoms with Gasteiger partial charge in [-0.25, -0.2) is 13.1 Å². The number of aryl methyl sites for hydroxylation is 1. The minimum atomic E-state index is -3.32. The van der Waals surface area contributed by atoms with Gasteiger partial charge in [-0.1, -0.05) is 19.8 Å². The number of nitrogens with one attached hydrogen (secondary N) is 3. The Hall–Kier alpha value is -1.98. The molecular weight excluding hydrogens is 392 g/mol. The summed E-state index contributed by atoms with van der Waals surface area (Å²) in [4.78, 5) is 11.4. The molecule has 11 heteroatoms. The molecule has 0 bridgehead atoms. The van der Waals surface area contributed by atoms with Crippen LogP contribution >= 0.6 is 0 Å². The Bertz CT molecular complexity index is 948. The Morgan fingerprint density at radius 3 is 2.62 bits per heavy atom. The van der Waals surface area contributed by atoms with Crippen molar-refractivity contribution in [1.82, 2.24) is 29.6 Å². The first kappa shape index (κ1) is 20.3. The van der Waals surface area contributed by atoms with E-state index in [2.05, 4.69) is 35.3 Å². The SMILES string of the molecule is CCc1cc2nc(N3CC(NC)C3)nc(NCCS(=O)(=O)NC3CCCC3)n2n1. The van der Waals surface area contributed by atoms with Gasteiger partial charge in [-0.2, -0.15) is 19.6 Å². The van der Waals surface area contributed by atoms with Crippen molar-refractivity contribution < 1.29 is 8.42 Å². The van der Waals surface area contributed by atoms with Crippen LogP contribution in [-0.4, -0.2) is 72.5 Å². The fraction of sp³-hybridized carbons (Fsp3) is 0.722. The number of fused-ring (bicyclic) bond motifs is 1. The summed E-state index contributed by atoms with van der Waals surface area (Å²) in [6.07, 6.45) is 4.84. The fourth-order valence-electron chi connectivity index (χ4n) is 3.83. The highest BCUT2D eigenvalue weighted by Gasteiger charge is 2.28. The molecule has 1 aliphatic heterocycles. The number of sulfonamides is 1. The van der Waals surface area contributed by atoms with E-state index >= 15 is 0 Å². The van der Waals surface area contributed by atoms with Crippen LogP contribution in [-0.2, 0) is 16.4 Å². The second kappa shape index (κ2) is 8.41. The number of hydrogen-bond acceptors (Lipinski definition) is 8. The number of anilines is 2. The minimum absolute atomic E-state index is 0.00221. The van der Waals surface area contributed by atoms with E-state index in [0.717, 1.165) is 50.9 Å². The van der Waals surface area contributed by atoms with E-state index in [9.17, 15) is 8.42 Å². The molecule has 3 N–H and O–H groups in total. The van der Waals surface area contributed by atoms with Crippen molar-refractivity contribution in [2.75, 3.05) is 42.7 Å². The molecule has 1 aliphatic carbocycles. The molecule has 1 saturated carbocycles. The van der Waals surface area contributed by atoms with E-state index in [0.29, 0.717) is 23.6 Å². The fourth-order valence-corrected chi connectivity index (χ4v) is 5.06. The van der Waals surface area contributed by atoms with Crippen molar-refractivity contribution in [3.8, 4) is 0 Å². The average Bonchev–Trinajstić information content (AvgIpc) is 3.29. The predicted octanol–water partition coefficient (Wildman–Crippen LogP) is 0.369. The van der Waals surface area contributed by atoms with Gasteiger partial charge in [0.05, 0.1) is 11.4 Å². The molecule has 0 spiro atoms. The molecule has 3 heterocycles. The molecular formula is C18H30N8O2S. The molecule has 1 saturated heterocycles. The van der Waals surface area contributed by atoms with Gasteiger partial charge in [-0.05, 0) is 26.3 Å². The van der Waals surface area contributed by atoms with Crippen LogP contribution in [0.5, 0.6) is 0 Å². The summed E-state index contributed by atoms with van der Waals surface area (Å²) in [5.41, 5.74) is 1.64. The second-order valence-corrected chi connectivity index (χ2v) is 9.72. The highest BCUT2D eigenvalue weighted by Crippen LogP contribution is 2.21. The van der Waals surface area contributed by atoms with E-state index in [1.807, 2.05) is 20.0 Å². The zero-order chi connectivity index (χ0) is 20.4. The molecule has 2 aliphatic rings. The molecule has 0 unspecified atom stereocenters. The van der Waals surface area contributed by atoms with Gasteiger partial charge >= 0.3 is 0 Å². The maximum Gasteiger partial charge on any atom is 0.230 e. The molecule has 0 atom stereocenters. The van der Waals surface area contributed by atoms with Crippen LogP contribution in [0, 0.1) is 0 Å². The summed E-state index contributed by atoms with van der Waals surface area (Å²) in [7, 11) is -1.37. The van der Waals surface area contributed by atoms with Crippen LogP contribution < -0.4 is 20.3 Å². The minimum Gasteiger partial charge on any atom is -0.353 e. The normalized spacial score (nSPS) is 18.5. The van der Waals surface area contributed by atoms with Crippen molar-refractivity contribution in [2.45, 2.75) is 51.1 Å². The molecule has 4 rings (SSSR count). The van der Waals surface area contributed by atoms with Crippen LogP contribution in [0.25, 0.3) is 5.65 Å². The summed E-state index contributed by atoms with van der Waals surface area (Å²) >= 11 is 0. The lowest BCUT2D eigenvalue weighted by atomic mass is 10.1. The number of nitrogens with zero attached hydrogens (tertiary/aromatic N) is 5. The summed E-state index contributed by atoms with van der Waals surface area (Å²) in [5.74, 6) is 1.16. The average molecular weight is 423 g/mol. The summed E-state index contributed by atoms with van der Waals surface area (Å²) in [6, 6.07) is 2.47.